The molecule has 7 unspecified atom stereocenters. The number of rotatable bonds is 9. The van der Waals surface area contributed by atoms with Crippen LogP contribution < -0.4 is 0 Å². The van der Waals surface area contributed by atoms with Gasteiger partial charge in [-0.2, -0.15) is 0 Å². The zero-order valence-corrected chi connectivity index (χ0v) is 17.7. The molecule has 8 atom stereocenters. The molecule has 0 aromatic rings. The third-order valence-electron chi connectivity index (χ3n) is 7.14. The highest BCUT2D eigenvalue weighted by Crippen LogP contribution is 2.51. The van der Waals surface area contributed by atoms with Crippen molar-refractivity contribution in [2.75, 3.05) is 6.61 Å². The van der Waals surface area contributed by atoms with Crippen molar-refractivity contribution in [1.82, 2.24) is 0 Å². The first kappa shape index (κ1) is 23.7. The highest BCUT2D eigenvalue weighted by atomic mass is 16.5. The molecular formula is C22H40O6. The Hall–Kier alpha value is -0.530. The van der Waals surface area contributed by atoms with E-state index in [9.17, 15) is 25.2 Å². The van der Waals surface area contributed by atoms with Gasteiger partial charge >= 0.3 is 0 Å². The Morgan fingerprint density at radius 3 is 2.39 bits per heavy atom. The summed E-state index contributed by atoms with van der Waals surface area (Å²) in [5, 5.41) is 41.0. The standard InChI is InChI=1S/C22H40O6/c1-4-6-8-9-14-11-16(24)15(12-22(14,3)10-7-5-2)21-20(27)19(26)18(25)17(13-23)28-21/h14-17,19-21,23-24,26-27H,4-13H2,1-3H3/t14?,15?,16?,17?,19?,20?,21?,22-/m0/s1. The number of hydrogen-bond donors (Lipinski definition) is 4. The van der Waals surface area contributed by atoms with E-state index in [1.165, 1.54) is 12.8 Å². The zero-order chi connectivity index (χ0) is 20.9. The van der Waals surface area contributed by atoms with Gasteiger partial charge in [-0.15, -0.1) is 0 Å². The molecule has 1 aliphatic heterocycles. The SMILES string of the molecule is CCCCCC1CC(O)C(C2OC(CO)C(=O)C(O)C2O)C[C@]1(C)CCCC. The number of carbonyl (C=O) groups excluding carboxylic acids is 1. The van der Waals surface area contributed by atoms with Gasteiger partial charge in [-0.05, 0) is 37.0 Å². The number of ketones is 1. The molecule has 0 amide bonds. The third kappa shape index (κ3) is 5.14. The Bertz CT molecular complexity index is 493. The number of Topliss-reactive ketones (excluding diaryl/α,β-unsaturated/α-hetero) is 1. The van der Waals surface area contributed by atoms with Crippen LogP contribution in [-0.2, 0) is 9.53 Å². The molecule has 6 heteroatoms. The Balaban J connectivity index is 2.19. The first-order chi connectivity index (χ1) is 13.3. The lowest BCUT2D eigenvalue weighted by atomic mass is 9.58. The van der Waals surface area contributed by atoms with Gasteiger partial charge in [0.05, 0.1) is 18.8 Å². The van der Waals surface area contributed by atoms with Crippen molar-refractivity contribution in [1.29, 1.82) is 0 Å². The molecule has 4 N–H and O–H groups in total. The highest BCUT2D eigenvalue weighted by molar-refractivity contribution is 5.88. The van der Waals surface area contributed by atoms with Crippen LogP contribution in [0.3, 0.4) is 0 Å². The minimum atomic E-state index is -1.58. The molecule has 2 aliphatic rings. The molecule has 2 rings (SSSR count). The highest BCUT2D eigenvalue weighted by Gasteiger charge is 2.52. The molecule has 0 radical (unpaired) electrons. The van der Waals surface area contributed by atoms with Gasteiger partial charge in [-0.3, -0.25) is 4.79 Å². The van der Waals surface area contributed by atoms with Crippen LogP contribution >= 0.6 is 0 Å². The maximum Gasteiger partial charge on any atom is 0.195 e. The van der Waals surface area contributed by atoms with Crippen LogP contribution in [0.15, 0.2) is 0 Å². The molecule has 28 heavy (non-hydrogen) atoms. The molecule has 6 nitrogen and oxygen atoms in total. The van der Waals surface area contributed by atoms with Gasteiger partial charge in [-0.1, -0.05) is 52.9 Å². The van der Waals surface area contributed by atoms with E-state index in [1.807, 2.05) is 0 Å². The van der Waals surface area contributed by atoms with Crippen LogP contribution in [0.5, 0.6) is 0 Å². The number of carbonyl (C=O) groups is 1. The topological polar surface area (TPSA) is 107 Å². The molecule has 164 valence electrons. The largest absolute Gasteiger partial charge is 0.393 e. The van der Waals surface area contributed by atoms with Crippen molar-refractivity contribution in [2.45, 2.75) is 109 Å². The van der Waals surface area contributed by atoms with Crippen LogP contribution in [0, 0.1) is 17.3 Å². The van der Waals surface area contributed by atoms with E-state index in [1.54, 1.807) is 0 Å². The summed E-state index contributed by atoms with van der Waals surface area (Å²) in [5.41, 5.74) is 0.0256. The smallest absolute Gasteiger partial charge is 0.195 e. The summed E-state index contributed by atoms with van der Waals surface area (Å²) in [7, 11) is 0. The Morgan fingerprint density at radius 1 is 1.11 bits per heavy atom. The van der Waals surface area contributed by atoms with Crippen molar-refractivity contribution in [2.24, 2.45) is 17.3 Å². The van der Waals surface area contributed by atoms with Gasteiger partial charge in [0.1, 0.15) is 18.3 Å². The molecule has 0 aromatic carbocycles. The molecule has 0 aromatic heterocycles. The number of unbranched alkanes of at least 4 members (excludes halogenated alkanes) is 3. The van der Waals surface area contributed by atoms with Crippen molar-refractivity contribution in [3.63, 3.8) is 0 Å². The maximum absolute atomic E-state index is 12.0. The Kier molecular flexibility index (Phi) is 8.89. The minimum absolute atomic E-state index is 0.0256. The quantitative estimate of drug-likeness (QED) is 0.442. The zero-order valence-electron chi connectivity index (χ0n) is 17.7. The molecule has 0 bridgehead atoms. The number of ether oxygens (including phenoxy) is 1. The van der Waals surface area contributed by atoms with Crippen LogP contribution in [0.25, 0.3) is 0 Å². The maximum atomic E-state index is 12.0. The summed E-state index contributed by atoms with van der Waals surface area (Å²) in [4.78, 5) is 12.0. The number of aliphatic hydroxyl groups is 4. The normalized spacial score (nSPS) is 42.0. The van der Waals surface area contributed by atoms with E-state index in [2.05, 4.69) is 20.8 Å². The van der Waals surface area contributed by atoms with Gasteiger partial charge in [0.15, 0.2) is 5.78 Å². The molecule has 1 saturated carbocycles. The lowest BCUT2D eigenvalue weighted by molar-refractivity contribution is -0.212. The predicted molar refractivity (Wildman–Crippen MR) is 107 cm³/mol. The second-order valence-electron chi connectivity index (χ2n) is 9.23. The minimum Gasteiger partial charge on any atom is -0.393 e. The van der Waals surface area contributed by atoms with Gasteiger partial charge in [0, 0.05) is 5.92 Å². The number of hydrogen-bond acceptors (Lipinski definition) is 6. The first-order valence-corrected chi connectivity index (χ1v) is 11.1. The average Bonchev–Trinajstić information content (AvgIpc) is 2.68. The van der Waals surface area contributed by atoms with Crippen molar-refractivity contribution in [3.05, 3.63) is 0 Å². The summed E-state index contributed by atoms with van der Waals surface area (Å²) < 4.78 is 5.70. The fourth-order valence-electron chi connectivity index (χ4n) is 5.28. The van der Waals surface area contributed by atoms with Crippen LogP contribution in [0.1, 0.15) is 78.6 Å². The molecular weight excluding hydrogens is 360 g/mol. The summed E-state index contributed by atoms with van der Waals surface area (Å²) >= 11 is 0. The third-order valence-corrected chi connectivity index (χ3v) is 7.14. The van der Waals surface area contributed by atoms with Gasteiger partial charge in [-0.25, -0.2) is 0 Å². The lowest BCUT2D eigenvalue weighted by Crippen LogP contribution is -2.61. The number of aliphatic hydroxyl groups excluding tert-OH is 4. The van der Waals surface area contributed by atoms with E-state index in [0.717, 1.165) is 32.1 Å². The van der Waals surface area contributed by atoms with Crippen molar-refractivity contribution in [3.8, 4) is 0 Å². The average molecular weight is 401 g/mol. The van der Waals surface area contributed by atoms with Gasteiger partial charge < -0.3 is 25.2 Å². The molecule has 1 saturated heterocycles. The first-order valence-electron chi connectivity index (χ1n) is 11.1. The Morgan fingerprint density at radius 2 is 1.79 bits per heavy atom. The monoisotopic (exact) mass is 400 g/mol. The van der Waals surface area contributed by atoms with Crippen LogP contribution in [0.2, 0.25) is 0 Å². The van der Waals surface area contributed by atoms with E-state index in [0.29, 0.717) is 18.8 Å². The molecule has 1 aliphatic carbocycles. The summed E-state index contributed by atoms with van der Waals surface area (Å²) in [6.07, 6.45) is 3.61. The van der Waals surface area contributed by atoms with Gasteiger partial charge in [0.2, 0.25) is 0 Å². The summed E-state index contributed by atoms with van der Waals surface area (Å²) in [5.74, 6) is -0.642. The summed E-state index contributed by atoms with van der Waals surface area (Å²) in [6, 6.07) is 0. The fourth-order valence-corrected chi connectivity index (χ4v) is 5.28. The second kappa shape index (κ2) is 10.5. The molecule has 0 spiro atoms. The lowest BCUT2D eigenvalue weighted by Gasteiger charge is -2.51. The van der Waals surface area contributed by atoms with Crippen LogP contribution in [-0.4, -0.2) is 63.3 Å². The van der Waals surface area contributed by atoms with Crippen molar-refractivity contribution >= 4 is 5.78 Å². The predicted octanol–water partition coefficient (Wildman–Crippen LogP) is 2.20. The summed E-state index contributed by atoms with van der Waals surface area (Å²) in [6.45, 7) is 6.10. The van der Waals surface area contributed by atoms with E-state index in [4.69, 9.17) is 4.74 Å². The van der Waals surface area contributed by atoms with Crippen molar-refractivity contribution < 1.29 is 30.0 Å². The Labute approximate surface area is 169 Å². The fraction of sp³-hybridized carbons (Fsp3) is 0.955. The van der Waals surface area contributed by atoms with Gasteiger partial charge in [0.25, 0.3) is 0 Å². The molecule has 2 fully saturated rings. The van der Waals surface area contributed by atoms with E-state index >= 15 is 0 Å². The van der Waals surface area contributed by atoms with Crippen LogP contribution in [0.4, 0.5) is 0 Å². The second-order valence-corrected chi connectivity index (χ2v) is 9.23. The van der Waals surface area contributed by atoms with E-state index in [-0.39, 0.29) is 11.3 Å². The molecule has 1 heterocycles. The van der Waals surface area contributed by atoms with E-state index < -0.39 is 42.9 Å².